The summed E-state index contributed by atoms with van der Waals surface area (Å²) in [7, 11) is 0. The number of nitrogens with one attached hydrogen (secondary N) is 1. The maximum absolute atomic E-state index is 6.08. The Morgan fingerprint density at radius 3 is 2.53 bits per heavy atom. The molecular weight excluding hydrogens is 299 g/mol. The predicted octanol–water partition coefficient (Wildman–Crippen LogP) is 5.30. The molecule has 0 saturated heterocycles. The van der Waals surface area contributed by atoms with Gasteiger partial charge in [-0.25, -0.2) is 0 Å². The zero-order valence-electron chi connectivity index (χ0n) is 10.1. The van der Waals surface area contributed by atoms with Crippen LogP contribution in [-0.2, 0) is 0 Å². The number of hydrogen-bond acceptors (Lipinski definition) is 1. The number of aromatic amines is 1. The van der Waals surface area contributed by atoms with Crippen LogP contribution in [0, 0.1) is 11.7 Å². The van der Waals surface area contributed by atoms with Crippen LogP contribution in [0.25, 0.3) is 16.7 Å². The molecule has 0 spiro atoms. The minimum atomic E-state index is 0.627. The number of aryl methyl sites for hydroxylation is 1. The van der Waals surface area contributed by atoms with Crippen molar-refractivity contribution < 1.29 is 0 Å². The first-order valence-corrected chi connectivity index (χ1v) is 6.89. The number of rotatable bonds is 1. The fourth-order valence-electron chi connectivity index (χ4n) is 2.15. The maximum atomic E-state index is 6.08. The number of hydrogen-bond donors (Lipinski definition) is 1. The molecule has 0 radical (unpaired) electrons. The lowest BCUT2D eigenvalue weighted by Crippen LogP contribution is -1.96. The van der Waals surface area contributed by atoms with Gasteiger partial charge in [-0.2, -0.15) is 0 Å². The quantitative estimate of drug-likeness (QED) is 0.605. The molecule has 0 aliphatic carbocycles. The zero-order valence-corrected chi connectivity index (χ0v) is 12.4. The number of halogens is 2. The van der Waals surface area contributed by atoms with Crippen molar-refractivity contribution in [3.05, 3.63) is 56.8 Å². The highest BCUT2D eigenvalue weighted by molar-refractivity contribution is 7.71. The van der Waals surface area contributed by atoms with E-state index in [2.05, 4.69) is 4.98 Å². The molecule has 1 N–H and O–H groups in total. The van der Waals surface area contributed by atoms with Crippen molar-refractivity contribution in [2.75, 3.05) is 0 Å². The van der Waals surface area contributed by atoms with Crippen LogP contribution in [0.4, 0.5) is 0 Å². The molecule has 96 valence electrons. The summed E-state index contributed by atoms with van der Waals surface area (Å²) in [4.78, 5) is 3.16. The van der Waals surface area contributed by atoms with Crippen molar-refractivity contribution in [2.45, 2.75) is 6.92 Å². The molecule has 0 saturated carbocycles. The molecule has 19 heavy (non-hydrogen) atoms. The van der Waals surface area contributed by atoms with Gasteiger partial charge < -0.3 is 4.98 Å². The third-order valence-corrected chi connectivity index (χ3v) is 3.81. The number of H-pyrrole nitrogens is 1. The Bertz CT molecular complexity index is 833. The molecule has 1 heterocycles. The average Bonchev–Trinajstić information content (AvgIpc) is 2.67. The minimum Gasteiger partial charge on any atom is -0.330 e. The highest BCUT2D eigenvalue weighted by Gasteiger charge is 2.09. The van der Waals surface area contributed by atoms with Gasteiger partial charge in [-0.15, -0.1) is 0 Å². The summed E-state index contributed by atoms with van der Waals surface area (Å²) in [6, 6.07) is 11.4. The second kappa shape index (κ2) is 4.67. The van der Waals surface area contributed by atoms with Crippen molar-refractivity contribution in [3.8, 4) is 5.69 Å². The van der Waals surface area contributed by atoms with E-state index in [1.165, 1.54) is 0 Å². The first kappa shape index (κ1) is 12.7. The molecule has 2 aromatic carbocycles. The highest BCUT2D eigenvalue weighted by atomic mass is 35.5. The summed E-state index contributed by atoms with van der Waals surface area (Å²) in [5, 5.41) is 1.37. The van der Waals surface area contributed by atoms with Gasteiger partial charge in [-0.3, -0.25) is 4.57 Å². The van der Waals surface area contributed by atoms with Crippen LogP contribution in [0.2, 0.25) is 10.0 Å². The van der Waals surface area contributed by atoms with E-state index in [1.807, 2.05) is 47.9 Å². The Balaban J connectivity index is 2.39. The largest absolute Gasteiger partial charge is 0.330 e. The topological polar surface area (TPSA) is 20.7 Å². The third kappa shape index (κ3) is 2.18. The number of nitrogens with zero attached hydrogens (tertiary/aromatic N) is 1. The number of aromatic nitrogens is 2. The second-order valence-electron chi connectivity index (χ2n) is 4.36. The molecule has 0 aliphatic rings. The Hall–Kier alpha value is -1.29. The van der Waals surface area contributed by atoms with Crippen LogP contribution >= 0.6 is 35.4 Å². The molecule has 0 atom stereocenters. The Kier molecular flexibility index (Phi) is 3.13. The standard InChI is InChI=1S/C14H10Cl2N2S/c1-8-2-3-10(16)7-13(8)18-12-5-4-9(15)6-11(12)17-14(18)19/h2-7H,1H3,(H,17,19). The van der Waals surface area contributed by atoms with Crippen molar-refractivity contribution in [3.63, 3.8) is 0 Å². The van der Waals surface area contributed by atoms with E-state index in [-0.39, 0.29) is 0 Å². The summed E-state index contributed by atoms with van der Waals surface area (Å²) < 4.78 is 2.60. The smallest absolute Gasteiger partial charge is 0.182 e. The second-order valence-corrected chi connectivity index (χ2v) is 5.62. The molecular formula is C14H10Cl2N2S. The lowest BCUT2D eigenvalue weighted by molar-refractivity contribution is 1.05. The van der Waals surface area contributed by atoms with Gasteiger partial charge in [0.05, 0.1) is 16.7 Å². The van der Waals surface area contributed by atoms with E-state index in [9.17, 15) is 0 Å². The molecule has 0 unspecified atom stereocenters. The van der Waals surface area contributed by atoms with Gasteiger partial charge in [-0.1, -0.05) is 29.3 Å². The first-order valence-electron chi connectivity index (χ1n) is 5.73. The van der Waals surface area contributed by atoms with Crippen molar-refractivity contribution in [2.24, 2.45) is 0 Å². The van der Waals surface area contributed by atoms with E-state index in [0.717, 1.165) is 22.3 Å². The van der Waals surface area contributed by atoms with Crippen molar-refractivity contribution in [1.82, 2.24) is 9.55 Å². The van der Waals surface area contributed by atoms with Crippen LogP contribution < -0.4 is 0 Å². The first-order chi connectivity index (χ1) is 9.06. The fourth-order valence-corrected chi connectivity index (χ4v) is 2.79. The molecule has 0 fully saturated rings. The maximum Gasteiger partial charge on any atom is 0.182 e. The van der Waals surface area contributed by atoms with Gasteiger partial charge in [0.15, 0.2) is 4.77 Å². The summed E-state index contributed by atoms with van der Waals surface area (Å²) in [5.41, 5.74) is 3.99. The summed E-state index contributed by atoms with van der Waals surface area (Å²) >= 11 is 17.5. The summed E-state index contributed by atoms with van der Waals surface area (Å²) in [6.07, 6.45) is 0. The zero-order chi connectivity index (χ0) is 13.6. The molecule has 3 aromatic rings. The van der Waals surface area contributed by atoms with Crippen LogP contribution in [0.5, 0.6) is 0 Å². The van der Waals surface area contributed by atoms with Gasteiger partial charge in [0.25, 0.3) is 0 Å². The minimum absolute atomic E-state index is 0.627. The monoisotopic (exact) mass is 308 g/mol. The highest BCUT2D eigenvalue weighted by Crippen LogP contribution is 2.26. The van der Waals surface area contributed by atoms with Gasteiger partial charge in [0.1, 0.15) is 0 Å². The van der Waals surface area contributed by atoms with Gasteiger partial charge >= 0.3 is 0 Å². The number of benzene rings is 2. The Morgan fingerprint density at radius 2 is 1.74 bits per heavy atom. The predicted molar refractivity (Wildman–Crippen MR) is 83.2 cm³/mol. The van der Waals surface area contributed by atoms with Gasteiger partial charge in [0.2, 0.25) is 0 Å². The van der Waals surface area contributed by atoms with Gasteiger partial charge in [0, 0.05) is 10.0 Å². The molecule has 2 nitrogen and oxygen atoms in total. The van der Waals surface area contributed by atoms with Crippen molar-refractivity contribution in [1.29, 1.82) is 0 Å². The van der Waals surface area contributed by atoms with Crippen LogP contribution in [0.3, 0.4) is 0 Å². The summed E-state index contributed by atoms with van der Waals surface area (Å²) in [5.74, 6) is 0. The number of fused-ring (bicyclic) bond motifs is 1. The third-order valence-electron chi connectivity index (χ3n) is 3.06. The summed E-state index contributed by atoms with van der Waals surface area (Å²) in [6.45, 7) is 2.03. The van der Waals surface area contributed by atoms with Crippen molar-refractivity contribution >= 4 is 46.5 Å². The Labute approximate surface area is 125 Å². The molecule has 3 rings (SSSR count). The fraction of sp³-hybridized carbons (Fsp3) is 0.0714. The van der Waals surface area contributed by atoms with Crippen LogP contribution in [-0.4, -0.2) is 9.55 Å². The SMILES string of the molecule is Cc1ccc(Cl)cc1-n1c(=S)[nH]c2cc(Cl)ccc21. The molecule has 5 heteroatoms. The lowest BCUT2D eigenvalue weighted by Gasteiger charge is -2.09. The molecule has 1 aromatic heterocycles. The van der Waals surface area contributed by atoms with E-state index < -0.39 is 0 Å². The normalized spacial score (nSPS) is 11.1. The molecule has 0 bridgehead atoms. The van der Waals surface area contributed by atoms with Crippen LogP contribution in [0.15, 0.2) is 36.4 Å². The number of imidazole rings is 1. The Morgan fingerprint density at radius 1 is 1.05 bits per heavy atom. The molecule has 0 amide bonds. The van der Waals surface area contributed by atoms with E-state index >= 15 is 0 Å². The average molecular weight is 309 g/mol. The van der Waals surface area contributed by atoms with Crippen LogP contribution in [0.1, 0.15) is 5.56 Å². The van der Waals surface area contributed by atoms with E-state index in [4.69, 9.17) is 35.4 Å². The molecule has 0 aliphatic heterocycles. The van der Waals surface area contributed by atoms with Gasteiger partial charge in [-0.05, 0) is 55.0 Å². The van der Waals surface area contributed by atoms with E-state index in [0.29, 0.717) is 14.8 Å². The lowest BCUT2D eigenvalue weighted by atomic mass is 10.2. The van der Waals surface area contributed by atoms with E-state index in [1.54, 1.807) is 0 Å².